The first-order valence-electron chi connectivity index (χ1n) is 9.62. The molecule has 0 aliphatic heterocycles. The molecule has 28 heavy (non-hydrogen) atoms. The van der Waals surface area contributed by atoms with Crippen molar-refractivity contribution < 1.29 is 14.3 Å². The maximum absolute atomic E-state index is 12.5. The predicted molar refractivity (Wildman–Crippen MR) is 118 cm³/mol. The SMILES string of the molecule is CC(CC(=O)Cl)CC(=O)OC[Si](c1ccccc1)(c1ccccc1)C(C)(C)C. The van der Waals surface area contributed by atoms with E-state index in [9.17, 15) is 9.59 Å². The lowest BCUT2D eigenvalue weighted by Gasteiger charge is -2.43. The molecule has 150 valence electrons. The third-order valence-corrected chi connectivity index (χ3v) is 11.2. The van der Waals surface area contributed by atoms with E-state index in [1.54, 1.807) is 0 Å². The van der Waals surface area contributed by atoms with Crippen molar-refractivity contribution in [2.24, 2.45) is 5.92 Å². The number of halogens is 1. The fourth-order valence-electron chi connectivity index (χ4n) is 3.74. The lowest BCUT2D eigenvalue weighted by atomic mass is 10.1. The van der Waals surface area contributed by atoms with Crippen LogP contribution in [0.15, 0.2) is 60.7 Å². The van der Waals surface area contributed by atoms with Gasteiger partial charge in [-0.2, -0.15) is 0 Å². The minimum atomic E-state index is -2.43. The molecule has 2 aromatic carbocycles. The van der Waals surface area contributed by atoms with E-state index < -0.39 is 13.3 Å². The molecule has 0 fully saturated rings. The number of esters is 1. The second kappa shape index (κ2) is 9.53. The molecule has 0 spiro atoms. The van der Waals surface area contributed by atoms with Crippen molar-refractivity contribution in [3.8, 4) is 0 Å². The zero-order valence-corrected chi connectivity index (χ0v) is 18.8. The molecule has 2 aromatic rings. The van der Waals surface area contributed by atoms with Gasteiger partial charge in [0.05, 0.1) is 6.23 Å². The van der Waals surface area contributed by atoms with E-state index in [0.717, 1.165) is 0 Å². The average Bonchev–Trinajstić information content (AvgIpc) is 2.62. The fourth-order valence-corrected chi connectivity index (χ4v) is 8.74. The number of ether oxygens (including phenoxy) is 1. The van der Waals surface area contributed by atoms with E-state index in [0.29, 0.717) is 6.23 Å². The quantitative estimate of drug-likeness (QED) is 0.365. The third kappa shape index (κ3) is 5.33. The number of carbonyl (C=O) groups excluding carboxylic acids is 2. The Morgan fingerprint density at radius 3 is 1.79 bits per heavy atom. The van der Waals surface area contributed by atoms with Gasteiger partial charge >= 0.3 is 5.97 Å². The molecular weight excluding hydrogens is 388 g/mol. The number of hydrogen-bond acceptors (Lipinski definition) is 3. The van der Waals surface area contributed by atoms with E-state index in [1.165, 1.54) is 10.4 Å². The molecule has 1 unspecified atom stereocenters. The number of carbonyl (C=O) groups is 2. The molecule has 0 radical (unpaired) electrons. The average molecular weight is 417 g/mol. The van der Waals surface area contributed by atoms with Crippen LogP contribution in [-0.2, 0) is 14.3 Å². The second-order valence-corrected chi connectivity index (χ2v) is 13.6. The molecule has 0 saturated carbocycles. The summed E-state index contributed by atoms with van der Waals surface area (Å²) in [5.74, 6) is -0.407. The highest BCUT2D eigenvalue weighted by atomic mass is 35.5. The van der Waals surface area contributed by atoms with Gasteiger partial charge in [-0.25, -0.2) is 0 Å². The Morgan fingerprint density at radius 1 is 0.929 bits per heavy atom. The molecule has 0 aliphatic carbocycles. The van der Waals surface area contributed by atoms with Gasteiger partial charge < -0.3 is 4.74 Å². The summed E-state index contributed by atoms with van der Waals surface area (Å²) in [4.78, 5) is 23.6. The maximum atomic E-state index is 12.5. The van der Waals surface area contributed by atoms with Crippen LogP contribution in [0.2, 0.25) is 5.04 Å². The largest absolute Gasteiger partial charge is 0.469 e. The van der Waals surface area contributed by atoms with Crippen LogP contribution in [0.25, 0.3) is 0 Å². The number of benzene rings is 2. The smallest absolute Gasteiger partial charge is 0.305 e. The van der Waals surface area contributed by atoms with Crippen LogP contribution in [0.1, 0.15) is 40.5 Å². The molecular formula is C23H29ClO3Si. The normalized spacial score (nSPS) is 13.0. The van der Waals surface area contributed by atoms with Gasteiger partial charge in [0.2, 0.25) is 5.24 Å². The van der Waals surface area contributed by atoms with Crippen molar-refractivity contribution in [3.05, 3.63) is 60.7 Å². The van der Waals surface area contributed by atoms with Crippen LogP contribution < -0.4 is 10.4 Å². The summed E-state index contributed by atoms with van der Waals surface area (Å²) < 4.78 is 5.86. The van der Waals surface area contributed by atoms with Crippen LogP contribution >= 0.6 is 11.6 Å². The van der Waals surface area contributed by atoms with E-state index >= 15 is 0 Å². The summed E-state index contributed by atoms with van der Waals surface area (Å²) in [6.07, 6.45) is 0.734. The standard InChI is InChI=1S/C23H29ClO3Si/c1-18(15-21(24)25)16-22(26)27-17-28(23(2,3)4,19-11-7-5-8-12-19)20-13-9-6-10-14-20/h5-14,18H,15-17H2,1-4H3. The van der Waals surface area contributed by atoms with E-state index in [4.69, 9.17) is 16.3 Å². The molecule has 1 atom stereocenters. The fraction of sp³-hybridized carbons (Fsp3) is 0.391. The molecule has 0 aromatic heterocycles. The number of hydrogen-bond donors (Lipinski definition) is 0. The zero-order valence-electron chi connectivity index (χ0n) is 17.1. The predicted octanol–water partition coefficient (Wildman–Crippen LogP) is 4.31. The van der Waals surface area contributed by atoms with E-state index in [1.807, 2.05) is 43.3 Å². The molecule has 3 nitrogen and oxygen atoms in total. The summed E-state index contributed by atoms with van der Waals surface area (Å²) in [7, 11) is -2.43. The van der Waals surface area contributed by atoms with E-state index in [2.05, 4.69) is 45.0 Å². The monoisotopic (exact) mass is 416 g/mol. The lowest BCUT2D eigenvalue weighted by molar-refractivity contribution is -0.142. The first kappa shape index (κ1) is 22.4. The van der Waals surface area contributed by atoms with Crippen molar-refractivity contribution in [3.63, 3.8) is 0 Å². The van der Waals surface area contributed by atoms with Gasteiger partial charge in [-0.15, -0.1) is 0 Å². The summed E-state index contributed by atoms with van der Waals surface area (Å²) in [5.41, 5.74) is 0. The molecule has 5 heteroatoms. The first-order valence-corrected chi connectivity index (χ1v) is 12.2. The molecule has 0 saturated heterocycles. The van der Waals surface area contributed by atoms with Crippen LogP contribution in [0.5, 0.6) is 0 Å². The molecule has 0 bridgehead atoms. The minimum Gasteiger partial charge on any atom is -0.469 e. The number of rotatable bonds is 8. The molecule has 0 amide bonds. The Balaban J connectivity index is 2.37. The maximum Gasteiger partial charge on any atom is 0.305 e. The Bertz CT molecular complexity index is 745. The third-order valence-electron chi connectivity index (χ3n) is 5.29. The summed E-state index contributed by atoms with van der Waals surface area (Å²) >= 11 is 5.44. The van der Waals surface area contributed by atoms with Gasteiger partial charge in [-0.1, -0.05) is 88.4 Å². The van der Waals surface area contributed by atoms with E-state index in [-0.39, 0.29) is 29.8 Å². The molecule has 0 aliphatic rings. The molecule has 2 rings (SSSR count). The second-order valence-electron chi connectivity index (χ2n) is 8.42. The molecule has 0 N–H and O–H groups in total. The highest BCUT2D eigenvalue weighted by molar-refractivity contribution is 7.04. The van der Waals surface area contributed by atoms with Gasteiger partial charge in [0.25, 0.3) is 0 Å². The highest BCUT2D eigenvalue weighted by Gasteiger charge is 2.49. The summed E-state index contributed by atoms with van der Waals surface area (Å²) in [5, 5.41) is 1.98. The summed E-state index contributed by atoms with van der Waals surface area (Å²) in [6.45, 7) is 8.51. The van der Waals surface area contributed by atoms with Gasteiger partial charge in [0.15, 0.2) is 8.07 Å². The van der Waals surface area contributed by atoms with Gasteiger partial charge in [0, 0.05) is 12.8 Å². The van der Waals surface area contributed by atoms with Crippen molar-refractivity contribution in [1.29, 1.82) is 0 Å². The Hall–Kier alpha value is -1.91. The van der Waals surface area contributed by atoms with Gasteiger partial charge in [0.1, 0.15) is 0 Å². The van der Waals surface area contributed by atoms with Crippen molar-refractivity contribution >= 4 is 41.3 Å². The van der Waals surface area contributed by atoms with Crippen LogP contribution in [0.3, 0.4) is 0 Å². The van der Waals surface area contributed by atoms with Crippen LogP contribution in [-0.4, -0.2) is 25.5 Å². The lowest BCUT2D eigenvalue weighted by Crippen LogP contribution is -2.67. The van der Waals surface area contributed by atoms with Crippen molar-refractivity contribution in [1.82, 2.24) is 0 Å². The first-order chi connectivity index (χ1) is 13.2. The summed E-state index contributed by atoms with van der Waals surface area (Å²) in [6, 6.07) is 20.8. The van der Waals surface area contributed by atoms with Crippen molar-refractivity contribution in [2.75, 3.05) is 6.23 Å². The Morgan fingerprint density at radius 2 is 1.39 bits per heavy atom. The van der Waals surface area contributed by atoms with Crippen LogP contribution in [0.4, 0.5) is 0 Å². The van der Waals surface area contributed by atoms with Gasteiger partial charge in [-0.05, 0) is 32.9 Å². The highest BCUT2D eigenvalue weighted by Crippen LogP contribution is 2.36. The minimum absolute atomic E-state index is 0.0757. The topological polar surface area (TPSA) is 43.4 Å². The Kier molecular flexibility index (Phi) is 7.61. The van der Waals surface area contributed by atoms with Gasteiger partial charge in [-0.3, -0.25) is 9.59 Å². The Labute approximate surface area is 174 Å². The zero-order chi connectivity index (χ0) is 20.8. The van der Waals surface area contributed by atoms with Crippen LogP contribution in [0, 0.1) is 5.92 Å². The molecule has 0 heterocycles. The van der Waals surface area contributed by atoms with Crippen molar-refractivity contribution in [2.45, 2.75) is 45.6 Å².